The predicted octanol–water partition coefficient (Wildman–Crippen LogP) is 2.66. The maximum atomic E-state index is 13.5. The molecule has 5 rings (SSSR count). The highest BCUT2D eigenvalue weighted by Crippen LogP contribution is 2.47. The molecule has 2 aromatic heterocycles. The molecule has 3 heterocycles. The number of thiazole rings is 1. The van der Waals surface area contributed by atoms with E-state index in [9.17, 15) is 19.2 Å². The molecule has 1 fully saturated rings. The molecular weight excluding hydrogens is 572 g/mol. The molecule has 1 saturated carbocycles. The summed E-state index contributed by atoms with van der Waals surface area (Å²) >= 11 is 1.28. The summed E-state index contributed by atoms with van der Waals surface area (Å²) in [5.74, 6) is -1.35. The van der Waals surface area contributed by atoms with Crippen LogP contribution in [0, 0.1) is 11.3 Å². The zero-order valence-corrected chi connectivity index (χ0v) is 25.2. The van der Waals surface area contributed by atoms with Crippen LogP contribution in [-0.4, -0.2) is 71.8 Å². The van der Waals surface area contributed by atoms with E-state index in [-0.39, 0.29) is 61.3 Å². The highest BCUT2D eigenvalue weighted by Gasteiger charge is 2.52. The van der Waals surface area contributed by atoms with E-state index in [0.717, 1.165) is 5.56 Å². The Morgan fingerprint density at radius 2 is 1.88 bits per heavy atom. The van der Waals surface area contributed by atoms with Gasteiger partial charge in [0.2, 0.25) is 17.7 Å². The van der Waals surface area contributed by atoms with Crippen LogP contribution in [-0.2, 0) is 20.7 Å². The molecular formula is C30H36N6O6S. The standard InChI is InChI=1S/C30H36N6O6S/c1-18(2)24-28-34-22(16-43-28)26(39)32-20(13-19-7-5-4-6-8-19)27-33-21(15-42-27)25(38)31-11-12-36(14-23(37)35-24)29(40)30(9-10-30)17-41-3/h4-8,15-16,18,20,24H,9-14,17H2,1-3H3,(H,31,38)(H,32,39)(H,35,37)/t20-,24-/m0/s1. The first kappa shape index (κ1) is 30.4. The van der Waals surface area contributed by atoms with E-state index in [0.29, 0.717) is 24.3 Å². The lowest BCUT2D eigenvalue weighted by molar-refractivity contribution is -0.142. The number of nitrogens with zero attached hydrogens (tertiary/aromatic N) is 3. The van der Waals surface area contributed by atoms with Gasteiger partial charge in [-0.3, -0.25) is 19.2 Å². The van der Waals surface area contributed by atoms with E-state index in [4.69, 9.17) is 9.15 Å². The van der Waals surface area contributed by atoms with Crippen LogP contribution in [0.1, 0.15) is 76.2 Å². The number of nitrogens with one attached hydrogen (secondary N) is 3. The number of carbonyl (C=O) groups is 4. The maximum Gasteiger partial charge on any atom is 0.273 e. The fraction of sp³-hybridized carbons (Fsp3) is 0.467. The Kier molecular flexibility index (Phi) is 9.21. The van der Waals surface area contributed by atoms with E-state index in [1.165, 1.54) is 22.5 Å². The first-order valence-corrected chi connectivity index (χ1v) is 15.2. The van der Waals surface area contributed by atoms with Crippen molar-refractivity contribution in [2.45, 2.75) is 45.2 Å². The molecule has 1 aromatic carbocycles. The molecule has 1 aliphatic heterocycles. The van der Waals surface area contributed by atoms with E-state index in [1.807, 2.05) is 44.2 Å². The van der Waals surface area contributed by atoms with Gasteiger partial charge in [-0.15, -0.1) is 11.3 Å². The summed E-state index contributed by atoms with van der Waals surface area (Å²) in [5.41, 5.74) is 0.510. The highest BCUT2D eigenvalue weighted by molar-refractivity contribution is 7.09. The fourth-order valence-electron chi connectivity index (χ4n) is 5.10. The summed E-state index contributed by atoms with van der Waals surface area (Å²) in [6.45, 7) is 4.18. The highest BCUT2D eigenvalue weighted by atomic mass is 32.1. The van der Waals surface area contributed by atoms with Crippen molar-refractivity contribution in [3.8, 4) is 0 Å². The maximum absolute atomic E-state index is 13.5. The second-order valence-corrected chi connectivity index (χ2v) is 12.2. The number of rotatable bonds is 6. The average Bonchev–Trinajstić information content (AvgIpc) is 3.37. The van der Waals surface area contributed by atoms with Gasteiger partial charge in [-0.2, -0.15) is 0 Å². The smallest absolute Gasteiger partial charge is 0.273 e. The van der Waals surface area contributed by atoms with E-state index in [1.54, 1.807) is 12.5 Å². The van der Waals surface area contributed by atoms with E-state index in [2.05, 4.69) is 25.9 Å². The number of ether oxygens (including phenoxy) is 1. The van der Waals surface area contributed by atoms with Crippen LogP contribution in [0.2, 0.25) is 0 Å². The summed E-state index contributed by atoms with van der Waals surface area (Å²) in [6, 6.07) is 8.40. The molecule has 0 spiro atoms. The molecule has 1 aliphatic carbocycles. The molecule has 0 unspecified atom stereocenters. The lowest BCUT2D eigenvalue weighted by atomic mass is 10.0. The van der Waals surface area contributed by atoms with Gasteiger partial charge in [-0.1, -0.05) is 44.2 Å². The fourth-order valence-corrected chi connectivity index (χ4v) is 6.13. The van der Waals surface area contributed by atoms with Crippen molar-refractivity contribution in [2.75, 3.05) is 33.4 Å². The van der Waals surface area contributed by atoms with Crippen molar-refractivity contribution in [1.29, 1.82) is 0 Å². The Morgan fingerprint density at radius 3 is 2.58 bits per heavy atom. The lowest BCUT2D eigenvalue weighted by Gasteiger charge is -2.28. The quantitative estimate of drug-likeness (QED) is 0.386. The summed E-state index contributed by atoms with van der Waals surface area (Å²) in [4.78, 5) is 63.6. The molecule has 4 bridgehead atoms. The Hall–Kier alpha value is -4.10. The largest absolute Gasteiger partial charge is 0.446 e. The average molecular weight is 609 g/mol. The van der Waals surface area contributed by atoms with Crippen LogP contribution < -0.4 is 16.0 Å². The van der Waals surface area contributed by atoms with Crippen molar-refractivity contribution >= 4 is 35.0 Å². The van der Waals surface area contributed by atoms with Gasteiger partial charge in [-0.05, 0) is 24.3 Å². The topological polar surface area (TPSA) is 156 Å². The van der Waals surface area contributed by atoms with Gasteiger partial charge >= 0.3 is 0 Å². The molecule has 2 atom stereocenters. The second-order valence-electron chi connectivity index (χ2n) is 11.3. The third-order valence-corrected chi connectivity index (χ3v) is 8.59. The summed E-state index contributed by atoms with van der Waals surface area (Å²) < 4.78 is 11.0. The van der Waals surface area contributed by atoms with Gasteiger partial charge in [0.25, 0.3) is 11.8 Å². The zero-order chi connectivity index (χ0) is 30.6. The van der Waals surface area contributed by atoms with E-state index >= 15 is 0 Å². The van der Waals surface area contributed by atoms with Gasteiger partial charge in [-0.25, -0.2) is 9.97 Å². The molecule has 3 N–H and O–H groups in total. The van der Waals surface area contributed by atoms with Crippen molar-refractivity contribution < 1.29 is 28.3 Å². The van der Waals surface area contributed by atoms with Crippen molar-refractivity contribution in [3.05, 3.63) is 69.8 Å². The minimum atomic E-state index is -0.676. The number of hydrogen-bond acceptors (Lipinski definition) is 9. The second kappa shape index (κ2) is 13.0. The van der Waals surface area contributed by atoms with Gasteiger partial charge in [0.05, 0.1) is 24.6 Å². The van der Waals surface area contributed by atoms with Crippen LogP contribution >= 0.6 is 11.3 Å². The molecule has 0 radical (unpaired) electrons. The molecule has 2 aliphatic rings. The number of carbonyl (C=O) groups excluding carboxylic acids is 4. The number of benzene rings is 1. The van der Waals surface area contributed by atoms with Crippen molar-refractivity contribution in [1.82, 2.24) is 30.8 Å². The Morgan fingerprint density at radius 1 is 1.12 bits per heavy atom. The summed E-state index contributed by atoms with van der Waals surface area (Å²) in [6.07, 6.45) is 2.96. The lowest BCUT2D eigenvalue weighted by Crippen LogP contribution is -2.48. The SMILES string of the molecule is COCC1(C(=O)N2CCNC(=O)c3coc(n3)[C@H](Cc3ccccc3)NC(=O)c3csc(n3)[C@H](C(C)C)NC(=O)C2)CC1. The Bertz CT molecular complexity index is 1470. The van der Waals surface area contributed by atoms with Crippen LogP contribution in [0.5, 0.6) is 0 Å². The molecule has 13 heteroatoms. The Balaban J connectivity index is 1.46. The van der Waals surface area contributed by atoms with Gasteiger partial charge in [0.15, 0.2) is 5.69 Å². The number of fused-ring (bicyclic) bond motifs is 4. The first-order valence-electron chi connectivity index (χ1n) is 14.3. The van der Waals surface area contributed by atoms with E-state index < -0.39 is 29.3 Å². The van der Waals surface area contributed by atoms with Crippen molar-refractivity contribution in [2.24, 2.45) is 11.3 Å². The third-order valence-electron chi connectivity index (χ3n) is 7.66. The van der Waals surface area contributed by atoms with Crippen LogP contribution in [0.15, 0.2) is 46.4 Å². The van der Waals surface area contributed by atoms with Crippen LogP contribution in [0.4, 0.5) is 0 Å². The molecule has 0 saturated heterocycles. The number of aromatic nitrogens is 2. The molecule has 43 heavy (non-hydrogen) atoms. The van der Waals surface area contributed by atoms with Gasteiger partial charge in [0, 0.05) is 32.0 Å². The Labute approximate surface area is 253 Å². The summed E-state index contributed by atoms with van der Waals surface area (Å²) in [5, 5.41) is 11.0. The normalized spacial score (nSPS) is 20.9. The molecule has 4 amide bonds. The molecule has 12 nitrogen and oxygen atoms in total. The van der Waals surface area contributed by atoms with Crippen LogP contribution in [0.25, 0.3) is 0 Å². The minimum absolute atomic E-state index is 0.0350. The molecule has 3 aromatic rings. The van der Waals surface area contributed by atoms with Gasteiger partial charge in [0.1, 0.15) is 23.0 Å². The number of oxazole rings is 1. The van der Waals surface area contributed by atoms with Crippen molar-refractivity contribution in [3.63, 3.8) is 0 Å². The third kappa shape index (κ3) is 7.11. The zero-order valence-electron chi connectivity index (χ0n) is 24.4. The predicted molar refractivity (Wildman–Crippen MR) is 157 cm³/mol. The number of amides is 4. The number of hydrogen-bond donors (Lipinski definition) is 3. The monoisotopic (exact) mass is 608 g/mol. The number of methoxy groups -OCH3 is 1. The minimum Gasteiger partial charge on any atom is -0.446 e. The van der Waals surface area contributed by atoms with Gasteiger partial charge < -0.3 is 30.0 Å². The first-order chi connectivity index (χ1) is 20.7. The molecule has 228 valence electrons. The van der Waals surface area contributed by atoms with Crippen LogP contribution in [0.3, 0.4) is 0 Å². The summed E-state index contributed by atoms with van der Waals surface area (Å²) in [7, 11) is 1.55.